The highest BCUT2D eigenvalue weighted by atomic mass is 79.9. The Bertz CT molecular complexity index is 498. The van der Waals surface area contributed by atoms with Crippen molar-refractivity contribution in [2.75, 3.05) is 0 Å². The van der Waals surface area contributed by atoms with Crippen molar-refractivity contribution in [3.63, 3.8) is 0 Å². The first-order valence-electron chi connectivity index (χ1n) is 5.54. The van der Waals surface area contributed by atoms with Gasteiger partial charge in [-0.25, -0.2) is 0 Å². The zero-order chi connectivity index (χ0) is 12.4. The zero-order valence-electron chi connectivity index (χ0n) is 9.90. The van der Waals surface area contributed by atoms with Crippen molar-refractivity contribution in [1.82, 2.24) is 0 Å². The molecule has 90 valence electrons. The van der Waals surface area contributed by atoms with Gasteiger partial charge < -0.3 is 5.11 Å². The third-order valence-electron chi connectivity index (χ3n) is 2.65. The molecule has 1 atom stereocenters. The van der Waals surface area contributed by atoms with Crippen molar-refractivity contribution < 1.29 is 5.11 Å². The number of benzene rings is 1. The van der Waals surface area contributed by atoms with Crippen LogP contribution in [0.15, 0.2) is 34.1 Å². The maximum absolute atomic E-state index is 10.2. The number of hydrogen-bond acceptors (Lipinski definition) is 2. The Morgan fingerprint density at radius 3 is 2.35 bits per heavy atom. The number of rotatable bonds is 3. The second-order valence-corrected chi connectivity index (χ2v) is 6.28. The predicted molar refractivity (Wildman–Crippen MR) is 76.6 cm³/mol. The van der Waals surface area contributed by atoms with Gasteiger partial charge in [-0.1, -0.05) is 29.3 Å². The fourth-order valence-corrected chi connectivity index (χ4v) is 3.46. The lowest BCUT2D eigenvalue weighted by Gasteiger charge is -2.11. The van der Waals surface area contributed by atoms with Crippen LogP contribution in [0.2, 0.25) is 0 Å². The minimum Gasteiger partial charge on any atom is -0.388 e. The Labute approximate surface area is 114 Å². The summed E-state index contributed by atoms with van der Waals surface area (Å²) in [5.41, 5.74) is 3.41. The standard InChI is InChI=1S/C14H15BrOS/c1-9-3-10(2)5-11(4-9)14(16)7-13-6-12(15)8-17-13/h3-6,8,14,16H,7H2,1-2H3. The molecule has 2 aromatic rings. The van der Waals surface area contributed by atoms with E-state index in [1.165, 1.54) is 16.0 Å². The molecule has 0 aliphatic carbocycles. The average Bonchev–Trinajstić information content (AvgIpc) is 2.62. The van der Waals surface area contributed by atoms with E-state index in [0.29, 0.717) is 6.42 Å². The van der Waals surface area contributed by atoms with Gasteiger partial charge in [-0.05, 0) is 41.4 Å². The molecule has 2 rings (SSSR count). The third kappa shape index (κ3) is 3.41. The van der Waals surface area contributed by atoms with Gasteiger partial charge in [-0.2, -0.15) is 0 Å². The van der Waals surface area contributed by atoms with Crippen molar-refractivity contribution in [2.24, 2.45) is 0 Å². The summed E-state index contributed by atoms with van der Waals surface area (Å²) >= 11 is 5.10. The van der Waals surface area contributed by atoms with E-state index in [-0.39, 0.29) is 0 Å². The molecule has 0 aliphatic heterocycles. The second-order valence-electron chi connectivity index (χ2n) is 4.37. The van der Waals surface area contributed by atoms with Crippen LogP contribution in [0.3, 0.4) is 0 Å². The number of aliphatic hydroxyl groups excluding tert-OH is 1. The molecular formula is C14H15BrOS. The molecule has 0 spiro atoms. The molecule has 1 aromatic carbocycles. The zero-order valence-corrected chi connectivity index (χ0v) is 12.3. The van der Waals surface area contributed by atoms with Crippen LogP contribution in [0, 0.1) is 13.8 Å². The molecule has 1 nitrogen and oxygen atoms in total. The summed E-state index contributed by atoms with van der Waals surface area (Å²) in [7, 11) is 0. The van der Waals surface area contributed by atoms with E-state index in [0.717, 1.165) is 10.0 Å². The first kappa shape index (κ1) is 12.8. The van der Waals surface area contributed by atoms with E-state index in [9.17, 15) is 5.11 Å². The Morgan fingerprint density at radius 2 is 1.82 bits per heavy atom. The average molecular weight is 311 g/mol. The SMILES string of the molecule is Cc1cc(C)cc(C(O)Cc2cc(Br)cs2)c1. The summed E-state index contributed by atoms with van der Waals surface area (Å²) < 4.78 is 1.09. The Kier molecular flexibility index (Phi) is 4.02. The van der Waals surface area contributed by atoms with Crippen molar-refractivity contribution in [1.29, 1.82) is 0 Å². The summed E-state index contributed by atoms with van der Waals surface area (Å²) in [4.78, 5) is 1.20. The van der Waals surface area contributed by atoms with Gasteiger partial charge in [0.1, 0.15) is 0 Å². The van der Waals surface area contributed by atoms with Crippen molar-refractivity contribution in [3.8, 4) is 0 Å². The van der Waals surface area contributed by atoms with Crippen LogP contribution in [-0.4, -0.2) is 5.11 Å². The molecule has 0 amide bonds. The molecule has 1 unspecified atom stereocenters. The van der Waals surface area contributed by atoms with Crippen LogP contribution in [-0.2, 0) is 6.42 Å². The van der Waals surface area contributed by atoms with Crippen LogP contribution in [0.4, 0.5) is 0 Å². The third-order valence-corrected chi connectivity index (χ3v) is 4.37. The molecule has 1 N–H and O–H groups in total. The number of hydrogen-bond donors (Lipinski definition) is 1. The molecule has 0 bridgehead atoms. The lowest BCUT2D eigenvalue weighted by molar-refractivity contribution is 0.179. The normalized spacial score (nSPS) is 12.7. The smallest absolute Gasteiger partial charge is 0.0838 e. The quantitative estimate of drug-likeness (QED) is 0.890. The summed E-state index contributed by atoms with van der Waals surface area (Å²) in [5.74, 6) is 0. The van der Waals surface area contributed by atoms with Crippen molar-refractivity contribution in [2.45, 2.75) is 26.4 Å². The minimum absolute atomic E-state index is 0.417. The molecule has 17 heavy (non-hydrogen) atoms. The van der Waals surface area contributed by atoms with Crippen LogP contribution < -0.4 is 0 Å². The van der Waals surface area contributed by atoms with Gasteiger partial charge in [0.05, 0.1) is 6.10 Å². The highest BCUT2D eigenvalue weighted by molar-refractivity contribution is 9.10. The van der Waals surface area contributed by atoms with Crippen LogP contribution in [0.1, 0.15) is 27.7 Å². The maximum atomic E-state index is 10.2. The Morgan fingerprint density at radius 1 is 1.18 bits per heavy atom. The van der Waals surface area contributed by atoms with E-state index >= 15 is 0 Å². The van der Waals surface area contributed by atoms with Gasteiger partial charge in [-0.3, -0.25) is 0 Å². The lowest BCUT2D eigenvalue weighted by atomic mass is 10.0. The molecule has 0 saturated heterocycles. The highest BCUT2D eigenvalue weighted by Crippen LogP contribution is 2.26. The van der Waals surface area contributed by atoms with E-state index in [1.807, 2.05) is 5.38 Å². The molecule has 0 aliphatic rings. The molecule has 0 saturated carbocycles. The fourth-order valence-electron chi connectivity index (χ4n) is 1.97. The minimum atomic E-state index is -0.417. The van der Waals surface area contributed by atoms with E-state index < -0.39 is 6.10 Å². The second kappa shape index (κ2) is 5.34. The van der Waals surface area contributed by atoms with E-state index in [1.54, 1.807) is 11.3 Å². The van der Waals surface area contributed by atoms with Gasteiger partial charge >= 0.3 is 0 Å². The Balaban J connectivity index is 2.16. The number of aryl methyl sites for hydroxylation is 2. The number of thiophene rings is 1. The molecule has 0 fully saturated rings. The Hall–Kier alpha value is -0.640. The summed E-state index contributed by atoms with van der Waals surface area (Å²) in [5, 5.41) is 12.3. The number of halogens is 1. The predicted octanol–water partition coefficient (Wildman–Crippen LogP) is 4.40. The van der Waals surface area contributed by atoms with Gasteiger partial charge in [-0.15, -0.1) is 11.3 Å². The van der Waals surface area contributed by atoms with Gasteiger partial charge in [0.25, 0.3) is 0 Å². The number of aliphatic hydroxyl groups is 1. The first-order valence-corrected chi connectivity index (χ1v) is 7.21. The summed E-state index contributed by atoms with van der Waals surface area (Å²) in [6, 6.07) is 8.30. The van der Waals surface area contributed by atoms with E-state index in [4.69, 9.17) is 0 Å². The lowest BCUT2D eigenvalue weighted by Crippen LogP contribution is -2.01. The molecule has 1 aromatic heterocycles. The highest BCUT2D eigenvalue weighted by Gasteiger charge is 2.10. The molecular weight excluding hydrogens is 296 g/mol. The van der Waals surface area contributed by atoms with Crippen LogP contribution >= 0.6 is 27.3 Å². The molecule has 0 radical (unpaired) electrons. The van der Waals surface area contributed by atoms with Crippen LogP contribution in [0.25, 0.3) is 0 Å². The summed E-state index contributed by atoms with van der Waals surface area (Å²) in [6.45, 7) is 4.12. The monoisotopic (exact) mass is 310 g/mol. The largest absolute Gasteiger partial charge is 0.388 e. The van der Waals surface area contributed by atoms with E-state index in [2.05, 4.69) is 54.0 Å². The maximum Gasteiger partial charge on any atom is 0.0838 e. The van der Waals surface area contributed by atoms with Crippen LogP contribution in [0.5, 0.6) is 0 Å². The van der Waals surface area contributed by atoms with Gasteiger partial charge in [0, 0.05) is 21.2 Å². The van der Waals surface area contributed by atoms with Gasteiger partial charge in [0.15, 0.2) is 0 Å². The first-order chi connectivity index (χ1) is 8.04. The fraction of sp³-hybridized carbons (Fsp3) is 0.286. The van der Waals surface area contributed by atoms with Crippen molar-refractivity contribution >= 4 is 27.3 Å². The summed E-state index contributed by atoms with van der Waals surface area (Å²) in [6.07, 6.45) is 0.262. The van der Waals surface area contributed by atoms with Crippen molar-refractivity contribution in [3.05, 3.63) is 55.7 Å². The van der Waals surface area contributed by atoms with Gasteiger partial charge in [0.2, 0.25) is 0 Å². The molecule has 3 heteroatoms. The topological polar surface area (TPSA) is 20.2 Å². The molecule has 1 heterocycles.